The van der Waals surface area contributed by atoms with Crippen molar-refractivity contribution in [3.63, 3.8) is 0 Å². The van der Waals surface area contributed by atoms with E-state index < -0.39 is 72.4 Å². The van der Waals surface area contributed by atoms with Crippen LogP contribution < -0.4 is 26.8 Å². The molecule has 22 heteroatoms. The number of imidazole rings is 1. The van der Waals surface area contributed by atoms with Gasteiger partial charge in [-0.25, -0.2) is 15.0 Å². The maximum absolute atomic E-state index is 13.8. The zero-order chi connectivity index (χ0) is 44.9. The van der Waals surface area contributed by atoms with E-state index in [1.54, 1.807) is 17.0 Å². The fraction of sp³-hybridized carbons (Fsp3) is 0.575. The van der Waals surface area contributed by atoms with E-state index in [0.717, 1.165) is 0 Å². The van der Waals surface area contributed by atoms with E-state index in [4.69, 9.17) is 35.5 Å². The molecule has 3 amide bonds. The molecule has 338 valence electrons. The lowest BCUT2D eigenvalue weighted by molar-refractivity contribution is -0.150. The Labute approximate surface area is 356 Å². The van der Waals surface area contributed by atoms with Gasteiger partial charge in [0.25, 0.3) is 0 Å². The molecule has 0 saturated carbocycles. The lowest BCUT2D eigenvalue weighted by atomic mass is 10.00. The van der Waals surface area contributed by atoms with E-state index in [1.165, 1.54) is 29.4 Å². The van der Waals surface area contributed by atoms with Crippen molar-refractivity contribution in [3.05, 3.63) is 42.5 Å². The predicted octanol–water partition coefficient (Wildman–Crippen LogP) is -0.654. The highest BCUT2D eigenvalue weighted by atomic mass is 16.6. The van der Waals surface area contributed by atoms with Gasteiger partial charge >= 0.3 is 17.9 Å². The number of carboxylic acid groups (broad SMARTS) is 1. The maximum Gasteiger partial charge on any atom is 0.311 e. The molecule has 2 aliphatic rings. The Bertz CT molecular complexity index is 2030. The molecular weight excluding hydrogens is 814 g/mol. The van der Waals surface area contributed by atoms with Crippen molar-refractivity contribution in [1.29, 1.82) is 0 Å². The van der Waals surface area contributed by atoms with Crippen LogP contribution in [0.1, 0.15) is 70.6 Å². The van der Waals surface area contributed by atoms with Crippen LogP contribution in [0.3, 0.4) is 0 Å². The number of hydrogen-bond acceptors (Lipinski definition) is 17. The molecule has 9 N–H and O–H groups in total. The number of aliphatic hydroxyl groups is 2. The molecule has 3 aromatic rings. The molecule has 7 atom stereocenters. The van der Waals surface area contributed by atoms with Crippen molar-refractivity contribution in [2.45, 2.75) is 108 Å². The van der Waals surface area contributed by atoms with Crippen molar-refractivity contribution < 1.29 is 63.0 Å². The quantitative estimate of drug-likeness (QED) is 0.0397. The SMILES string of the molecule is CC(C)C[C@H](NC(=O)[C@H](Cc1ccc(OC(=O)CCCCC(=O)OC[C@H]2O[C@@H](n3cnc4c(N)ncnc43)[C@H](O)[C@@H]2O)cc1)NC(=O)[C@@H](N)CCC(=O)O)C(=O)N1CCOCC1. The number of carbonyl (C=O) groups excluding carboxylic acids is 5. The number of hydrogen-bond donors (Lipinski definition) is 7. The molecule has 2 aliphatic heterocycles. The summed E-state index contributed by atoms with van der Waals surface area (Å²) in [5.74, 6) is -3.52. The average molecular weight is 870 g/mol. The highest BCUT2D eigenvalue weighted by Crippen LogP contribution is 2.32. The van der Waals surface area contributed by atoms with Crippen LogP contribution >= 0.6 is 0 Å². The van der Waals surface area contributed by atoms with Crippen LogP contribution in [0.2, 0.25) is 0 Å². The number of unbranched alkanes of at least 4 members (excludes halogenated alkanes) is 1. The zero-order valence-electron chi connectivity index (χ0n) is 34.6. The summed E-state index contributed by atoms with van der Waals surface area (Å²) in [4.78, 5) is 90.1. The molecule has 0 bridgehead atoms. The van der Waals surface area contributed by atoms with Crippen molar-refractivity contribution in [1.82, 2.24) is 35.1 Å². The summed E-state index contributed by atoms with van der Waals surface area (Å²) in [5, 5.41) is 35.6. The third kappa shape index (κ3) is 13.1. The third-order valence-corrected chi connectivity index (χ3v) is 10.3. The number of aromatic nitrogens is 4. The van der Waals surface area contributed by atoms with Crippen molar-refractivity contribution in [2.75, 3.05) is 38.6 Å². The van der Waals surface area contributed by atoms with Crippen LogP contribution in [-0.2, 0) is 49.4 Å². The Morgan fingerprint density at radius 2 is 1.58 bits per heavy atom. The number of esters is 2. The van der Waals surface area contributed by atoms with Gasteiger partial charge < -0.3 is 61.3 Å². The number of carbonyl (C=O) groups is 6. The van der Waals surface area contributed by atoms with E-state index in [9.17, 15) is 39.0 Å². The molecule has 2 fully saturated rings. The summed E-state index contributed by atoms with van der Waals surface area (Å²) in [6.45, 7) is 5.02. The minimum absolute atomic E-state index is 0.0165. The van der Waals surface area contributed by atoms with Crippen LogP contribution in [0.4, 0.5) is 5.82 Å². The number of anilines is 1. The molecular formula is C40H55N9O13. The average Bonchev–Trinajstić information content (AvgIpc) is 3.80. The Kier molecular flexibility index (Phi) is 17.0. The number of nitrogen functional groups attached to an aromatic ring is 1. The van der Waals surface area contributed by atoms with Gasteiger partial charge in [-0.1, -0.05) is 26.0 Å². The van der Waals surface area contributed by atoms with Gasteiger partial charge in [0.15, 0.2) is 17.7 Å². The summed E-state index contributed by atoms with van der Waals surface area (Å²) in [6, 6.07) is 2.98. The largest absolute Gasteiger partial charge is 0.481 e. The van der Waals surface area contributed by atoms with E-state index >= 15 is 0 Å². The second-order valence-electron chi connectivity index (χ2n) is 15.6. The summed E-state index contributed by atoms with van der Waals surface area (Å²) < 4.78 is 23.3. The van der Waals surface area contributed by atoms with Gasteiger partial charge in [0, 0.05) is 38.8 Å². The summed E-state index contributed by atoms with van der Waals surface area (Å²) >= 11 is 0. The summed E-state index contributed by atoms with van der Waals surface area (Å²) in [7, 11) is 0. The Balaban J connectivity index is 1.08. The molecule has 2 saturated heterocycles. The Morgan fingerprint density at radius 1 is 0.903 bits per heavy atom. The number of nitrogens with one attached hydrogen (secondary N) is 2. The zero-order valence-corrected chi connectivity index (χ0v) is 34.6. The number of nitrogens with zero attached hydrogens (tertiary/aromatic N) is 5. The molecule has 5 rings (SSSR count). The van der Waals surface area contributed by atoms with E-state index in [1.807, 2.05) is 13.8 Å². The van der Waals surface area contributed by atoms with Crippen molar-refractivity contribution in [2.24, 2.45) is 11.7 Å². The predicted molar refractivity (Wildman–Crippen MR) is 216 cm³/mol. The van der Waals surface area contributed by atoms with Gasteiger partial charge in [-0.3, -0.25) is 33.3 Å². The number of aliphatic carboxylic acids is 1. The minimum atomic E-state index is -1.38. The van der Waals surface area contributed by atoms with E-state index in [-0.39, 0.29) is 62.1 Å². The molecule has 22 nitrogen and oxygen atoms in total. The van der Waals surface area contributed by atoms with Crippen LogP contribution in [0, 0.1) is 5.92 Å². The molecule has 0 spiro atoms. The minimum Gasteiger partial charge on any atom is -0.481 e. The molecule has 0 aliphatic carbocycles. The lowest BCUT2D eigenvalue weighted by Gasteiger charge is -2.32. The number of morpholine rings is 1. The molecule has 0 radical (unpaired) electrons. The first-order chi connectivity index (χ1) is 29.6. The van der Waals surface area contributed by atoms with Gasteiger partial charge in [-0.05, 0) is 49.3 Å². The van der Waals surface area contributed by atoms with Crippen LogP contribution in [0.25, 0.3) is 11.2 Å². The second kappa shape index (κ2) is 22.3. The number of carboxylic acids is 1. The molecule has 1 aromatic carbocycles. The first kappa shape index (κ1) is 47.2. The van der Waals surface area contributed by atoms with Crippen LogP contribution in [-0.4, -0.2) is 145 Å². The third-order valence-electron chi connectivity index (χ3n) is 10.3. The molecule has 62 heavy (non-hydrogen) atoms. The Morgan fingerprint density at radius 3 is 2.26 bits per heavy atom. The number of aliphatic hydroxyl groups excluding tert-OH is 2. The first-order valence-electron chi connectivity index (χ1n) is 20.5. The first-order valence-corrected chi connectivity index (χ1v) is 20.5. The van der Waals surface area contributed by atoms with Gasteiger partial charge in [-0.2, -0.15) is 0 Å². The van der Waals surface area contributed by atoms with Gasteiger partial charge in [0.2, 0.25) is 17.7 Å². The van der Waals surface area contributed by atoms with Crippen LogP contribution in [0.5, 0.6) is 5.75 Å². The molecule has 0 unspecified atom stereocenters. The van der Waals surface area contributed by atoms with E-state index in [2.05, 4.69) is 25.6 Å². The normalized spacial score (nSPS) is 20.3. The van der Waals surface area contributed by atoms with Crippen LogP contribution in [0.15, 0.2) is 36.9 Å². The number of rotatable bonds is 21. The number of fused-ring (bicyclic) bond motifs is 1. The number of amides is 3. The smallest absolute Gasteiger partial charge is 0.311 e. The summed E-state index contributed by atoms with van der Waals surface area (Å²) in [5.41, 5.74) is 12.9. The highest BCUT2D eigenvalue weighted by molar-refractivity contribution is 5.93. The second-order valence-corrected chi connectivity index (χ2v) is 15.6. The van der Waals surface area contributed by atoms with Crippen molar-refractivity contribution in [3.8, 4) is 5.75 Å². The topological polar surface area (TPSA) is 323 Å². The standard InChI is InChI=1S/C40H55N9O13/c1-22(2)17-27(39(58)48-13-15-59-16-14-48)47-38(57)26(46-37(56)25(41)11-12-29(50)51)18-23-7-9-24(10-8-23)61-31(53)6-4-3-5-30(52)60-19-28-33(54)34(55)40(62-28)49-21-45-32-35(42)43-20-44-36(32)49/h7-10,20-22,25-28,33-34,40,54-55H,3-6,11-19,41H2,1-2H3,(H,46,56)(H,47,57)(H,50,51)(H2,42,43,44)/t25-,26-,27-,28+,33+,34+,40+/m0/s1. The van der Waals surface area contributed by atoms with Gasteiger partial charge in [0.05, 0.1) is 25.6 Å². The number of nitrogens with two attached hydrogens (primary N) is 2. The fourth-order valence-corrected chi connectivity index (χ4v) is 6.92. The monoisotopic (exact) mass is 869 g/mol. The van der Waals surface area contributed by atoms with Gasteiger partial charge in [0.1, 0.15) is 54.6 Å². The highest BCUT2D eigenvalue weighted by Gasteiger charge is 2.45. The maximum atomic E-state index is 13.8. The Hall–Kier alpha value is -5.81. The molecule has 2 aromatic heterocycles. The van der Waals surface area contributed by atoms with Crippen molar-refractivity contribution >= 4 is 52.6 Å². The van der Waals surface area contributed by atoms with Gasteiger partial charge in [-0.15, -0.1) is 0 Å². The lowest BCUT2D eigenvalue weighted by Crippen LogP contribution is -2.57. The number of benzene rings is 1. The fourth-order valence-electron chi connectivity index (χ4n) is 6.92. The molecule has 4 heterocycles. The van der Waals surface area contributed by atoms with E-state index in [0.29, 0.717) is 62.3 Å². The summed E-state index contributed by atoms with van der Waals surface area (Å²) in [6.07, 6.45) is -1.93. The number of ether oxygens (including phenoxy) is 4.